The highest BCUT2D eigenvalue weighted by atomic mass is 32.2. The summed E-state index contributed by atoms with van der Waals surface area (Å²) in [4.78, 5) is 40.1. The van der Waals surface area contributed by atoms with E-state index in [9.17, 15) is 9.59 Å². The molecule has 4 heterocycles. The van der Waals surface area contributed by atoms with Gasteiger partial charge in [-0.1, -0.05) is 0 Å². The molecule has 0 unspecified atom stereocenters. The van der Waals surface area contributed by atoms with Crippen LogP contribution in [0.3, 0.4) is 0 Å². The van der Waals surface area contributed by atoms with E-state index >= 15 is 0 Å². The fourth-order valence-electron chi connectivity index (χ4n) is 3.47. The normalized spacial score (nSPS) is 15.2. The van der Waals surface area contributed by atoms with Crippen molar-refractivity contribution >= 4 is 28.7 Å². The number of carbonyl (C=O) groups is 1. The lowest BCUT2D eigenvalue weighted by atomic mass is 10.0. The molecule has 138 valence electrons. The van der Waals surface area contributed by atoms with Crippen LogP contribution in [0.4, 0.5) is 0 Å². The van der Waals surface area contributed by atoms with Gasteiger partial charge in [-0.05, 0) is 43.4 Å². The monoisotopic (exact) mass is 381 g/mol. The van der Waals surface area contributed by atoms with Crippen molar-refractivity contribution in [2.24, 2.45) is 0 Å². The Balaban J connectivity index is 1.52. The number of hydrogen-bond donors (Lipinski definition) is 0. The Hall–Kier alpha value is -2.74. The van der Waals surface area contributed by atoms with Gasteiger partial charge in [-0.3, -0.25) is 14.2 Å². The SMILES string of the molecule is CSc1ncccc1C(=O)N1CCC(n2cnc3ncccc3c2=O)CC1. The fourth-order valence-corrected chi connectivity index (χ4v) is 4.01. The lowest BCUT2D eigenvalue weighted by Crippen LogP contribution is -2.41. The minimum absolute atomic E-state index is 0.000849. The molecule has 0 N–H and O–H groups in total. The molecule has 8 heteroatoms. The van der Waals surface area contributed by atoms with Crippen molar-refractivity contribution in [3.8, 4) is 0 Å². The van der Waals surface area contributed by atoms with Gasteiger partial charge in [0.05, 0.1) is 10.9 Å². The largest absolute Gasteiger partial charge is 0.338 e. The zero-order chi connectivity index (χ0) is 18.8. The number of likely N-dealkylation sites (tertiary alicyclic amines) is 1. The molecule has 1 aliphatic heterocycles. The maximum Gasteiger partial charge on any atom is 0.263 e. The third-order valence-electron chi connectivity index (χ3n) is 4.90. The van der Waals surface area contributed by atoms with Crippen LogP contribution < -0.4 is 5.56 Å². The number of thioether (sulfide) groups is 1. The van der Waals surface area contributed by atoms with Gasteiger partial charge >= 0.3 is 0 Å². The Morgan fingerprint density at radius 1 is 1.11 bits per heavy atom. The Morgan fingerprint density at radius 3 is 2.63 bits per heavy atom. The highest BCUT2D eigenvalue weighted by Gasteiger charge is 2.27. The van der Waals surface area contributed by atoms with Crippen LogP contribution in [0.5, 0.6) is 0 Å². The van der Waals surface area contributed by atoms with Crippen molar-refractivity contribution in [1.29, 1.82) is 0 Å². The van der Waals surface area contributed by atoms with Gasteiger partial charge < -0.3 is 4.90 Å². The molecule has 1 fully saturated rings. The van der Waals surface area contributed by atoms with Crippen molar-refractivity contribution in [3.63, 3.8) is 0 Å². The number of carbonyl (C=O) groups excluding carboxylic acids is 1. The minimum atomic E-state index is -0.0743. The first-order chi connectivity index (χ1) is 13.2. The van der Waals surface area contributed by atoms with Crippen LogP contribution in [0.2, 0.25) is 0 Å². The van der Waals surface area contributed by atoms with Crippen LogP contribution >= 0.6 is 11.8 Å². The van der Waals surface area contributed by atoms with Crippen molar-refractivity contribution in [2.45, 2.75) is 23.9 Å². The molecule has 0 spiro atoms. The Bertz CT molecular complexity index is 1040. The van der Waals surface area contributed by atoms with Crippen LogP contribution in [-0.4, -0.2) is 49.7 Å². The average Bonchev–Trinajstić information content (AvgIpc) is 2.74. The molecular weight excluding hydrogens is 362 g/mol. The number of nitrogens with zero attached hydrogens (tertiary/aromatic N) is 5. The molecule has 0 atom stereocenters. The standard InChI is InChI=1S/C19H19N5O2S/c1-27-17-15(5-3-9-21-17)18(25)23-10-6-13(7-11-23)24-12-22-16-14(19(24)26)4-2-8-20-16/h2-5,8-9,12-13H,6-7,10-11H2,1H3. The van der Waals surface area contributed by atoms with E-state index in [1.54, 1.807) is 41.5 Å². The highest BCUT2D eigenvalue weighted by Crippen LogP contribution is 2.25. The third kappa shape index (κ3) is 3.32. The number of fused-ring (bicyclic) bond motifs is 1. The molecule has 0 aromatic carbocycles. The van der Waals surface area contributed by atoms with E-state index in [1.165, 1.54) is 11.8 Å². The smallest absolute Gasteiger partial charge is 0.263 e. The van der Waals surface area contributed by atoms with E-state index in [0.717, 1.165) is 5.03 Å². The number of pyridine rings is 2. The molecular formula is C19H19N5O2S. The van der Waals surface area contributed by atoms with E-state index in [4.69, 9.17) is 0 Å². The maximum atomic E-state index is 12.8. The maximum absolute atomic E-state index is 12.8. The van der Waals surface area contributed by atoms with E-state index in [1.807, 2.05) is 17.2 Å². The van der Waals surface area contributed by atoms with Crippen LogP contribution in [-0.2, 0) is 0 Å². The third-order valence-corrected chi connectivity index (χ3v) is 5.61. The highest BCUT2D eigenvalue weighted by molar-refractivity contribution is 7.98. The van der Waals surface area contributed by atoms with Gasteiger partial charge in [0.1, 0.15) is 11.4 Å². The zero-order valence-corrected chi connectivity index (χ0v) is 15.7. The van der Waals surface area contributed by atoms with Gasteiger partial charge in [0.2, 0.25) is 0 Å². The van der Waals surface area contributed by atoms with E-state index in [0.29, 0.717) is 42.5 Å². The predicted octanol–water partition coefficient (Wildman–Crippen LogP) is 2.39. The van der Waals surface area contributed by atoms with Crippen LogP contribution in [0.1, 0.15) is 29.2 Å². The van der Waals surface area contributed by atoms with Crippen LogP contribution in [0, 0.1) is 0 Å². The first-order valence-electron chi connectivity index (χ1n) is 8.79. The summed E-state index contributed by atoms with van der Waals surface area (Å²) in [5.41, 5.74) is 1.03. The molecule has 0 saturated carbocycles. The second kappa shape index (κ2) is 7.48. The number of hydrogen-bond acceptors (Lipinski definition) is 6. The minimum Gasteiger partial charge on any atom is -0.338 e. The summed E-state index contributed by atoms with van der Waals surface area (Å²) in [6, 6.07) is 7.13. The van der Waals surface area contributed by atoms with Gasteiger partial charge in [-0.25, -0.2) is 15.0 Å². The molecule has 7 nitrogen and oxygen atoms in total. The van der Waals surface area contributed by atoms with Crippen LogP contribution in [0.25, 0.3) is 11.0 Å². The Kier molecular flexibility index (Phi) is 4.89. The first-order valence-corrected chi connectivity index (χ1v) is 10.0. The summed E-state index contributed by atoms with van der Waals surface area (Å²) in [6.45, 7) is 1.20. The van der Waals surface area contributed by atoms with Crippen LogP contribution in [0.15, 0.2) is 52.8 Å². The second-order valence-corrected chi connectivity index (χ2v) is 7.21. The molecule has 1 saturated heterocycles. The molecule has 1 amide bonds. The molecule has 3 aromatic heterocycles. The Morgan fingerprint density at radius 2 is 1.85 bits per heavy atom. The molecule has 0 radical (unpaired) electrons. The summed E-state index contributed by atoms with van der Waals surface area (Å²) in [7, 11) is 0. The molecule has 1 aliphatic rings. The summed E-state index contributed by atoms with van der Waals surface area (Å²) < 4.78 is 1.68. The summed E-state index contributed by atoms with van der Waals surface area (Å²) >= 11 is 1.47. The summed E-state index contributed by atoms with van der Waals surface area (Å²) in [5, 5.41) is 1.27. The van der Waals surface area contributed by atoms with E-state index in [2.05, 4.69) is 15.0 Å². The average molecular weight is 381 g/mol. The second-order valence-electron chi connectivity index (χ2n) is 6.42. The lowest BCUT2D eigenvalue weighted by molar-refractivity contribution is 0.0689. The van der Waals surface area contributed by atoms with Gasteiger partial charge in [-0.15, -0.1) is 11.8 Å². The lowest BCUT2D eigenvalue weighted by Gasteiger charge is -2.33. The summed E-state index contributed by atoms with van der Waals surface area (Å²) in [6.07, 6.45) is 8.25. The molecule has 3 aromatic rings. The first kappa shape index (κ1) is 17.7. The summed E-state index contributed by atoms with van der Waals surface area (Å²) in [5.74, 6) is -0.000849. The van der Waals surface area contributed by atoms with Crippen molar-refractivity contribution < 1.29 is 4.79 Å². The molecule has 0 bridgehead atoms. The molecule has 4 rings (SSSR count). The topological polar surface area (TPSA) is 81.0 Å². The number of piperidine rings is 1. The predicted molar refractivity (Wildman–Crippen MR) is 104 cm³/mol. The quantitative estimate of drug-likeness (QED) is 0.648. The molecule has 0 aliphatic carbocycles. The van der Waals surface area contributed by atoms with Crippen molar-refractivity contribution in [3.05, 3.63) is 58.9 Å². The van der Waals surface area contributed by atoms with Gasteiger partial charge in [-0.2, -0.15) is 0 Å². The van der Waals surface area contributed by atoms with E-state index in [-0.39, 0.29) is 17.5 Å². The van der Waals surface area contributed by atoms with Gasteiger partial charge in [0.25, 0.3) is 11.5 Å². The van der Waals surface area contributed by atoms with Gasteiger partial charge in [0.15, 0.2) is 5.65 Å². The van der Waals surface area contributed by atoms with Crippen molar-refractivity contribution in [2.75, 3.05) is 19.3 Å². The fraction of sp³-hybridized carbons (Fsp3) is 0.316. The van der Waals surface area contributed by atoms with Crippen molar-refractivity contribution in [1.82, 2.24) is 24.4 Å². The number of rotatable bonds is 3. The zero-order valence-electron chi connectivity index (χ0n) is 14.9. The van der Waals surface area contributed by atoms with E-state index < -0.39 is 0 Å². The number of aromatic nitrogens is 4. The Labute approximate surface area is 160 Å². The van der Waals surface area contributed by atoms with Gasteiger partial charge in [0, 0.05) is 31.5 Å². The molecule has 27 heavy (non-hydrogen) atoms. The number of amides is 1.